The lowest BCUT2D eigenvalue weighted by Crippen LogP contribution is -2.46. The Morgan fingerprint density at radius 3 is 2.48 bits per heavy atom. The number of nitrogens with zero attached hydrogens (tertiary/aromatic N) is 1. The average Bonchev–Trinajstić information content (AvgIpc) is 2.95. The van der Waals surface area contributed by atoms with Crippen molar-refractivity contribution in [3.8, 4) is 5.75 Å². The summed E-state index contributed by atoms with van der Waals surface area (Å²) in [5, 5.41) is 10.1. The summed E-state index contributed by atoms with van der Waals surface area (Å²) in [4.78, 5) is 14.7. The Bertz CT molecular complexity index is 587. The fourth-order valence-electron chi connectivity index (χ4n) is 3.72. The van der Waals surface area contributed by atoms with Gasteiger partial charge in [0, 0.05) is 30.8 Å². The van der Waals surface area contributed by atoms with Gasteiger partial charge in [-0.25, -0.2) is 0 Å². The van der Waals surface area contributed by atoms with E-state index in [4.69, 9.17) is 4.74 Å². The predicted molar refractivity (Wildman–Crippen MR) is 89.9 cm³/mol. The predicted octanol–water partition coefficient (Wildman–Crippen LogP) is 3.47. The highest BCUT2D eigenvalue weighted by Crippen LogP contribution is 2.36. The molecule has 4 heteroatoms. The van der Waals surface area contributed by atoms with E-state index in [0.29, 0.717) is 5.56 Å². The SMILES string of the molecule is CC(C)(C)c1cc(C(=O)N2CCC3(CCCO3)CC2)ccc1O. The van der Waals surface area contributed by atoms with E-state index >= 15 is 0 Å². The number of aromatic hydroxyl groups is 1. The van der Waals surface area contributed by atoms with Crippen molar-refractivity contribution in [2.24, 2.45) is 0 Å². The molecule has 1 aromatic rings. The molecule has 1 aromatic carbocycles. The summed E-state index contributed by atoms with van der Waals surface area (Å²) < 4.78 is 5.92. The molecule has 2 aliphatic rings. The maximum Gasteiger partial charge on any atom is 0.253 e. The molecule has 0 bridgehead atoms. The van der Waals surface area contributed by atoms with Gasteiger partial charge < -0.3 is 14.7 Å². The monoisotopic (exact) mass is 317 g/mol. The molecule has 1 spiro atoms. The van der Waals surface area contributed by atoms with Crippen LogP contribution >= 0.6 is 0 Å². The summed E-state index contributed by atoms with van der Waals surface area (Å²) in [5.41, 5.74) is 1.32. The van der Waals surface area contributed by atoms with Crippen molar-refractivity contribution in [2.45, 2.75) is 57.5 Å². The number of likely N-dealkylation sites (tertiary alicyclic amines) is 1. The summed E-state index contributed by atoms with van der Waals surface area (Å²) in [6.07, 6.45) is 4.13. The number of rotatable bonds is 1. The summed E-state index contributed by atoms with van der Waals surface area (Å²) in [6.45, 7) is 8.49. The Hall–Kier alpha value is -1.55. The minimum absolute atomic E-state index is 0.0301. The van der Waals surface area contributed by atoms with Gasteiger partial charge in [0.1, 0.15) is 5.75 Å². The number of ether oxygens (including phenoxy) is 1. The largest absolute Gasteiger partial charge is 0.508 e. The molecule has 3 rings (SSSR count). The van der Waals surface area contributed by atoms with Crippen LogP contribution in [-0.4, -0.2) is 41.2 Å². The third-order valence-electron chi connectivity index (χ3n) is 5.20. The summed E-state index contributed by atoms with van der Waals surface area (Å²) in [5.74, 6) is 0.314. The molecule has 0 atom stereocenters. The van der Waals surface area contributed by atoms with Crippen molar-refractivity contribution >= 4 is 5.91 Å². The molecule has 2 saturated heterocycles. The first-order valence-electron chi connectivity index (χ1n) is 8.58. The van der Waals surface area contributed by atoms with Crippen LogP contribution in [0.4, 0.5) is 0 Å². The molecular formula is C19H27NO3. The van der Waals surface area contributed by atoms with E-state index in [1.54, 1.807) is 12.1 Å². The highest BCUT2D eigenvalue weighted by atomic mass is 16.5. The molecule has 2 heterocycles. The molecule has 1 N–H and O–H groups in total. The van der Waals surface area contributed by atoms with E-state index in [9.17, 15) is 9.90 Å². The van der Waals surface area contributed by atoms with Crippen LogP contribution in [0.15, 0.2) is 18.2 Å². The lowest BCUT2D eigenvalue weighted by atomic mass is 9.85. The lowest BCUT2D eigenvalue weighted by molar-refractivity contribution is -0.0387. The first kappa shape index (κ1) is 16.3. The van der Waals surface area contributed by atoms with Crippen molar-refractivity contribution in [1.82, 2.24) is 4.90 Å². The summed E-state index contributed by atoms with van der Waals surface area (Å²) in [6, 6.07) is 5.21. The van der Waals surface area contributed by atoms with Crippen LogP contribution in [0.25, 0.3) is 0 Å². The molecule has 0 unspecified atom stereocenters. The normalized spacial score (nSPS) is 20.9. The van der Waals surface area contributed by atoms with Gasteiger partial charge in [0.05, 0.1) is 5.60 Å². The number of carbonyl (C=O) groups excluding carboxylic acids is 1. The highest BCUT2D eigenvalue weighted by molar-refractivity contribution is 5.94. The summed E-state index contributed by atoms with van der Waals surface area (Å²) in [7, 11) is 0. The van der Waals surface area contributed by atoms with Gasteiger partial charge in [-0.2, -0.15) is 0 Å². The maximum absolute atomic E-state index is 12.8. The quantitative estimate of drug-likeness (QED) is 0.863. The maximum atomic E-state index is 12.8. The van der Waals surface area contributed by atoms with Gasteiger partial charge in [-0.1, -0.05) is 20.8 Å². The van der Waals surface area contributed by atoms with E-state index in [1.807, 2.05) is 31.7 Å². The van der Waals surface area contributed by atoms with Crippen LogP contribution in [0, 0.1) is 0 Å². The molecule has 2 fully saturated rings. The number of piperidine rings is 1. The molecule has 4 nitrogen and oxygen atoms in total. The molecule has 1 amide bonds. The molecule has 0 aliphatic carbocycles. The number of phenolic OH excluding ortho intramolecular Hbond substituents is 1. The van der Waals surface area contributed by atoms with Crippen molar-refractivity contribution in [1.29, 1.82) is 0 Å². The molecule has 2 aliphatic heterocycles. The van der Waals surface area contributed by atoms with Gasteiger partial charge in [-0.3, -0.25) is 4.79 Å². The standard InChI is InChI=1S/C19H27NO3/c1-18(2,3)15-13-14(5-6-16(15)21)17(22)20-10-8-19(9-11-20)7-4-12-23-19/h5-6,13,21H,4,7-12H2,1-3H3. The second kappa shape index (κ2) is 5.82. The van der Waals surface area contributed by atoms with Crippen LogP contribution in [-0.2, 0) is 10.2 Å². The van der Waals surface area contributed by atoms with Gasteiger partial charge in [0.15, 0.2) is 0 Å². The highest BCUT2D eigenvalue weighted by Gasteiger charge is 2.39. The number of hydrogen-bond donors (Lipinski definition) is 1. The smallest absolute Gasteiger partial charge is 0.253 e. The number of hydrogen-bond acceptors (Lipinski definition) is 3. The Kier molecular flexibility index (Phi) is 4.13. The number of phenols is 1. The third kappa shape index (κ3) is 3.23. The molecule has 0 aromatic heterocycles. The molecule has 0 saturated carbocycles. The van der Waals surface area contributed by atoms with Crippen LogP contribution in [0.5, 0.6) is 5.75 Å². The van der Waals surface area contributed by atoms with Gasteiger partial charge in [0.25, 0.3) is 5.91 Å². The minimum Gasteiger partial charge on any atom is -0.508 e. The lowest BCUT2D eigenvalue weighted by Gasteiger charge is -2.38. The fraction of sp³-hybridized carbons (Fsp3) is 0.632. The Morgan fingerprint density at radius 1 is 1.22 bits per heavy atom. The van der Waals surface area contributed by atoms with Gasteiger partial charge >= 0.3 is 0 Å². The van der Waals surface area contributed by atoms with E-state index < -0.39 is 0 Å². The zero-order chi connectivity index (χ0) is 16.7. The number of amides is 1. The zero-order valence-electron chi connectivity index (χ0n) is 14.4. The Balaban J connectivity index is 1.74. The van der Waals surface area contributed by atoms with E-state index in [0.717, 1.165) is 50.9 Å². The van der Waals surface area contributed by atoms with Crippen LogP contribution in [0.2, 0.25) is 0 Å². The molecule has 126 valence electrons. The molecular weight excluding hydrogens is 290 g/mol. The second-order valence-electron chi connectivity index (χ2n) is 7.91. The van der Waals surface area contributed by atoms with E-state index in [1.165, 1.54) is 0 Å². The molecule has 23 heavy (non-hydrogen) atoms. The van der Waals surface area contributed by atoms with Crippen LogP contribution < -0.4 is 0 Å². The van der Waals surface area contributed by atoms with Crippen LogP contribution in [0.3, 0.4) is 0 Å². The minimum atomic E-state index is -0.190. The average molecular weight is 317 g/mol. The fourth-order valence-corrected chi connectivity index (χ4v) is 3.72. The first-order valence-corrected chi connectivity index (χ1v) is 8.58. The van der Waals surface area contributed by atoms with Gasteiger partial charge in [-0.15, -0.1) is 0 Å². The van der Waals surface area contributed by atoms with Crippen LogP contribution in [0.1, 0.15) is 62.4 Å². The topological polar surface area (TPSA) is 49.8 Å². The van der Waals surface area contributed by atoms with Crippen molar-refractivity contribution in [3.05, 3.63) is 29.3 Å². The third-order valence-corrected chi connectivity index (χ3v) is 5.20. The van der Waals surface area contributed by atoms with E-state index in [2.05, 4.69) is 0 Å². The van der Waals surface area contributed by atoms with Gasteiger partial charge in [-0.05, 0) is 49.3 Å². The molecule has 0 radical (unpaired) electrons. The number of carbonyl (C=O) groups is 1. The van der Waals surface area contributed by atoms with Crippen molar-refractivity contribution in [2.75, 3.05) is 19.7 Å². The Labute approximate surface area is 138 Å². The second-order valence-corrected chi connectivity index (χ2v) is 7.91. The Morgan fingerprint density at radius 2 is 1.91 bits per heavy atom. The zero-order valence-corrected chi connectivity index (χ0v) is 14.4. The summed E-state index contributed by atoms with van der Waals surface area (Å²) >= 11 is 0. The van der Waals surface area contributed by atoms with E-state index in [-0.39, 0.29) is 22.7 Å². The first-order chi connectivity index (χ1) is 10.8. The van der Waals surface area contributed by atoms with Crippen molar-refractivity contribution < 1.29 is 14.6 Å². The van der Waals surface area contributed by atoms with Gasteiger partial charge in [0.2, 0.25) is 0 Å². The number of benzene rings is 1. The van der Waals surface area contributed by atoms with Crippen molar-refractivity contribution in [3.63, 3.8) is 0 Å².